The molecule has 0 radical (unpaired) electrons. The van der Waals surface area contributed by atoms with E-state index >= 15 is 0 Å². The average molecular weight is 396 g/mol. The van der Waals surface area contributed by atoms with Crippen LogP contribution >= 0.6 is 0 Å². The summed E-state index contributed by atoms with van der Waals surface area (Å²) in [6.07, 6.45) is 21.3. The Kier molecular flexibility index (Phi) is 26.6. The van der Waals surface area contributed by atoms with Crippen molar-refractivity contribution in [3.05, 3.63) is 91.0 Å². The molecule has 2 heteroatoms. The van der Waals surface area contributed by atoms with Gasteiger partial charge in [0.15, 0.2) is 0 Å². The highest BCUT2D eigenvalue weighted by Gasteiger charge is 2.03. The van der Waals surface area contributed by atoms with Crippen LogP contribution in [0.15, 0.2) is 85.4 Å². The van der Waals surface area contributed by atoms with E-state index < -0.39 is 0 Å². The van der Waals surface area contributed by atoms with Crippen LogP contribution in [0.4, 0.5) is 0 Å². The van der Waals surface area contributed by atoms with E-state index in [4.69, 9.17) is 4.74 Å². The van der Waals surface area contributed by atoms with Crippen LogP contribution in [0.1, 0.15) is 59.4 Å². The number of terminal acetylenes is 1. The summed E-state index contributed by atoms with van der Waals surface area (Å²) in [5.41, 5.74) is 3.19. The third kappa shape index (κ3) is 16.9. The maximum atomic E-state index is 5.37. The van der Waals surface area contributed by atoms with Gasteiger partial charge < -0.3 is 10.1 Å². The molecule has 0 spiro atoms. The van der Waals surface area contributed by atoms with Gasteiger partial charge in [0.25, 0.3) is 0 Å². The van der Waals surface area contributed by atoms with Crippen molar-refractivity contribution in [1.82, 2.24) is 5.32 Å². The third-order valence-electron chi connectivity index (χ3n) is 3.51. The zero-order valence-corrected chi connectivity index (χ0v) is 19.4. The van der Waals surface area contributed by atoms with Crippen molar-refractivity contribution in [3.63, 3.8) is 0 Å². The molecule has 0 saturated carbocycles. The second-order valence-corrected chi connectivity index (χ2v) is 5.43. The number of nitrogens with one attached hydrogen (secondary N) is 1. The summed E-state index contributed by atoms with van der Waals surface area (Å²) in [6, 6.07) is 10.1. The van der Waals surface area contributed by atoms with Gasteiger partial charge in [-0.25, -0.2) is 0 Å². The van der Waals surface area contributed by atoms with E-state index in [2.05, 4.69) is 38.2 Å². The second-order valence-electron chi connectivity index (χ2n) is 5.43. The molecule has 1 aromatic rings. The van der Waals surface area contributed by atoms with Crippen LogP contribution in [-0.2, 0) is 4.74 Å². The summed E-state index contributed by atoms with van der Waals surface area (Å²) >= 11 is 0. The fraction of sp³-hybridized carbons (Fsp3) is 0.333. The lowest BCUT2D eigenvalue weighted by Crippen LogP contribution is -2.00. The van der Waals surface area contributed by atoms with Crippen LogP contribution in [-0.4, -0.2) is 7.11 Å². The quantitative estimate of drug-likeness (QED) is 0.151. The lowest BCUT2D eigenvalue weighted by atomic mass is 10.0. The van der Waals surface area contributed by atoms with Crippen molar-refractivity contribution < 1.29 is 4.74 Å². The molecule has 1 aromatic carbocycles. The van der Waals surface area contributed by atoms with Gasteiger partial charge in [-0.05, 0) is 38.0 Å². The van der Waals surface area contributed by atoms with Crippen LogP contribution in [0.2, 0.25) is 0 Å². The standard InChI is InChI=1S/C17H21NO.C6H12.C2H6.C2H2/c1-5-14(3)18-13-12-16(17(6-2)19-4)15-10-8-7-9-11-15;1-3-5-6-4-2;2*1-2/h5-13,18H,2H2,1,3-4H3;3H,1,4-6H2,2H3;1-2H3;1-2H/b13-12+,14-5+,17-16-;;;. The Balaban J connectivity index is -0.000000570. The van der Waals surface area contributed by atoms with E-state index in [0.717, 1.165) is 22.6 Å². The predicted molar refractivity (Wildman–Crippen MR) is 133 cm³/mol. The number of ether oxygens (including phenoxy) is 1. The molecular formula is C27H41NO. The summed E-state index contributed by atoms with van der Waals surface area (Å²) < 4.78 is 5.37. The maximum absolute atomic E-state index is 5.37. The molecule has 0 aliphatic rings. The number of allylic oxidation sites excluding steroid dienone is 6. The largest absolute Gasteiger partial charge is 0.496 e. The summed E-state index contributed by atoms with van der Waals surface area (Å²) in [5, 5.41) is 3.19. The molecule has 160 valence electrons. The third-order valence-corrected chi connectivity index (χ3v) is 3.51. The van der Waals surface area contributed by atoms with E-state index in [9.17, 15) is 0 Å². The molecule has 29 heavy (non-hydrogen) atoms. The summed E-state index contributed by atoms with van der Waals surface area (Å²) in [5.74, 6) is 0.752. The average Bonchev–Trinajstić information content (AvgIpc) is 2.80. The highest BCUT2D eigenvalue weighted by Crippen LogP contribution is 2.21. The van der Waals surface area contributed by atoms with Crippen molar-refractivity contribution in [3.8, 4) is 12.8 Å². The normalized spacial score (nSPS) is 10.6. The maximum Gasteiger partial charge on any atom is 0.126 e. The van der Waals surface area contributed by atoms with E-state index in [1.807, 2.05) is 82.5 Å². The summed E-state index contributed by atoms with van der Waals surface area (Å²) in [7, 11) is 1.65. The zero-order valence-electron chi connectivity index (χ0n) is 19.4. The Morgan fingerprint density at radius 3 is 2.10 bits per heavy atom. The first-order valence-corrected chi connectivity index (χ1v) is 10.1. The highest BCUT2D eigenvalue weighted by molar-refractivity contribution is 5.77. The lowest BCUT2D eigenvalue weighted by molar-refractivity contribution is 0.309. The first kappa shape index (κ1) is 30.8. The van der Waals surface area contributed by atoms with Gasteiger partial charge in [-0.2, -0.15) is 0 Å². The Morgan fingerprint density at radius 1 is 1.14 bits per heavy atom. The molecule has 0 aliphatic carbocycles. The van der Waals surface area contributed by atoms with Crippen molar-refractivity contribution in [2.24, 2.45) is 0 Å². The molecule has 0 fully saturated rings. The number of hydrogen-bond acceptors (Lipinski definition) is 2. The number of benzene rings is 1. The van der Waals surface area contributed by atoms with E-state index in [1.54, 1.807) is 13.2 Å². The number of unbranched alkanes of at least 4 members (excludes halogenated alkanes) is 2. The summed E-state index contributed by atoms with van der Waals surface area (Å²) in [4.78, 5) is 0. The van der Waals surface area contributed by atoms with Gasteiger partial charge in [0.2, 0.25) is 0 Å². The van der Waals surface area contributed by atoms with E-state index in [-0.39, 0.29) is 0 Å². The van der Waals surface area contributed by atoms with E-state index in [1.165, 1.54) is 19.3 Å². The highest BCUT2D eigenvalue weighted by atomic mass is 16.5. The molecule has 0 heterocycles. The Labute approximate surface area is 180 Å². The van der Waals surface area contributed by atoms with Gasteiger partial charge in [-0.1, -0.05) is 82.7 Å². The molecule has 0 amide bonds. The topological polar surface area (TPSA) is 21.3 Å². The van der Waals surface area contributed by atoms with Gasteiger partial charge in [0.05, 0.1) is 7.11 Å². The molecular weight excluding hydrogens is 354 g/mol. The zero-order chi connectivity index (χ0) is 22.9. The Hall–Kier alpha value is -2.92. The molecule has 0 atom stereocenters. The first-order valence-electron chi connectivity index (χ1n) is 10.1. The van der Waals surface area contributed by atoms with Crippen molar-refractivity contribution >= 4 is 5.57 Å². The van der Waals surface area contributed by atoms with E-state index in [0.29, 0.717) is 0 Å². The van der Waals surface area contributed by atoms with Crippen molar-refractivity contribution in [2.45, 2.75) is 53.9 Å². The molecule has 1 rings (SSSR count). The molecule has 0 aliphatic heterocycles. The second kappa shape index (κ2) is 25.1. The fourth-order valence-corrected chi connectivity index (χ4v) is 1.93. The number of hydrogen-bond donors (Lipinski definition) is 1. The van der Waals surface area contributed by atoms with Gasteiger partial charge in [-0.3, -0.25) is 0 Å². The molecule has 2 nitrogen and oxygen atoms in total. The lowest BCUT2D eigenvalue weighted by Gasteiger charge is -2.09. The predicted octanol–water partition coefficient (Wildman–Crippen LogP) is 7.90. The van der Waals surface area contributed by atoms with Gasteiger partial charge in [-0.15, -0.1) is 19.4 Å². The Morgan fingerprint density at radius 2 is 1.72 bits per heavy atom. The van der Waals surface area contributed by atoms with Crippen molar-refractivity contribution in [1.29, 1.82) is 0 Å². The SMILES string of the molecule is C#C.C=C/C(OC)=C(\C=C\N/C(C)=C/C)c1ccccc1.C=CCCCC.CC. The van der Waals surface area contributed by atoms with Gasteiger partial charge in [0, 0.05) is 17.5 Å². The molecule has 0 bridgehead atoms. The minimum absolute atomic E-state index is 0.752. The molecule has 0 aromatic heterocycles. The number of methoxy groups -OCH3 is 1. The first-order chi connectivity index (χ1) is 14.1. The minimum atomic E-state index is 0.752. The molecule has 0 unspecified atom stereocenters. The molecule has 0 saturated heterocycles. The van der Waals surface area contributed by atoms with Crippen molar-refractivity contribution in [2.75, 3.05) is 7.11 Å². The van der Waals surface area contributed by atoms with Crippen LogP contribution in [0.3, 0.4) is 0 Å². The minimum Gasteiger partial charge on any atom is -0.496 e. The Bertz CT molecular complexity index is 618. The van der Waals surface area contributed by atoms with Crippen LogP contribution < -0.4 is 5.32 Å². The monoisotopic (exact) mass is 395 g/mol. The van der Waals surface area contributed by atoms with Gasteiger partial charge in [0.1, 0.15) is 5.76 Å². The fourth-order valence-electron chi connectivity index (χ4n) is 1.93. The smallest absolute Gasteiger partial charge is 0.126 e. The number of rotatable bonds is 9. The van der Waals surface area contributed by atoms with Crippen LogP contribution in [0, 0.1) is 12.8 Å². The van der Waals surface area contributed by atoms with Crippen LogP contribution in [0.5, 0.6) is 0 Å². The van der Waals surface area contributed by atoms with Crippen LogP contribution in [0.25, 0.3) is 5.57 Å². The molecule has 1 N–H and O–H groups in total. The summed E-state index contributed by atoms with van der Waals surface area (Å²) in [6.45, 7) is 17.6. The van der Waals surface area contributed by atoms with Gasteiger partial charge >= 0.3 is 0 Å².